The summed E-state index contributed by atoms with van der Waals surface area (Å²) in [4.78, 5) is 0. The van der Waals surface area contributed by atoms with Gasteiger partial charge in [-0.15, -0.1) is 0 Å². The molecule has 1 aliphatic heterocycles. The molecule has 1 fully saturated rings. The first-order valence-electron chi connectivity index (χ1n) is 8.72. The van der Waals surface area contributed by atoms with Gasteiger partial charge in [-0.05, 0) is 78.6 Å². The Balaban J connectivity index is 3.24. The Bertz CT molecular complexity index is 338. The third-order valence-electron chi connectivity index (χ3n) is 3.35. The highest BCUT2D eigenvalue weighted by atomic mass is 28.5. The summed E-state index contributed by atoms with van der Waals surface area (Å²) in [6.45, 7) is 26.9. The fraction of sp³-hybridized carbons (Fsp3) is 1.00. The van der Waals surface area contributed by atoms with Gasteiger partial charge in [0.05, 0.1) is 0 Å². The third kappa shape index (κ3) is 8.17. The lowest BCUT2D eigenvalue weighted by atomic mass is 11.9. The number of rotatable bonds is 0. The van der Waals surface area contributed by atoms with E-state index in [9.17, 15) is 0 Å². The molecule has 0 radical (unpaired) electrons. The summed E-state index contributed by atoms with van der Waals surface area (Å²) in [6, 6.07) is 0. The normalized spacial score (nSPS) is 31.5. The lowest BCUT2D eigenvalue weighted by molar-refractivity contribution is 0.326. The lowest BCUT2D eigenvalue weighted by Crippen LogP contribution is -2.80. The summed E-state index contributed by atoms with van der Waals surface area (Å²) in [5, 5.41) is 0. The molecule has 0 spiro atoms. The first-order chi connectivity index (χ1) is 10.2. The van der Waals surface area contributed by atoms with Gasteiger partial charge >= 0.3 is 17.1 Å². The van der Waals surface area contributed by atoms with Crippen molar-refractivity contribution >= 4 is 50.9 Å². The highest BCUT2D eigenvalue weighted by molar-refractivity contribution is 7.00. The van der Waals surface area contributed by atoms with Gasteiger partial charge in [0.2, 0.25) is 17.0 Å². The van der Waals surface area contributed by atoms with Crippen molar-refractivity contribution in [3.05, 3.63) is 0 Å². The second-order valence-corrected chi connectivity index (χ2v) is 33.3. The Morgan fingerprint density at radius 1 is 0.417 bits per heavy atom. The van der Waals surface area contributed by atoms with Crippen molar-refractivity contribution in [2.75, 3.05) is 0 Å². The third-order valence-corrected chi connectivity index (χ3v) is 30.1. The predicted molar refractivity (Wildman–Crippen MR) is 118 cm³/mol. The molecule has 24 heavy (non-hydrogen) atoms. The minimum absolute atomic E-state index is 1.82. The van der Waals surface area contributed by atoms with Crippen LogP contribution < -0.4 is 13.9 Å². The molecule has 1 aliphatic rings. The molecule has 0 bridgehead atoms. The smallest absolute Gasteiger partial charge is 0.313 e. The molecule has 1 heterocycles. The van der Waals surface area contributed by atoms with Crippen LogP contribution in [-0.4, -0.2) is 50.9 Å². The molecule has 3 N–H and O–H groups in total. The highest BCUT2D eigenvalue weighted by Gasteiger charge is 2.48. The standard InChI is InChI=1S/C12H39N3O3Si6/c1-19(2)13-20(3,4)15-22(7,8)17-24(11,12)18-23(9,10)16-21(5,6)14-19/h13-15H,1-12H3. The summed E-state index contributed by atoms with van der Waals surface area (Å²) in [5.74, 6) is 0. The Morgan fingerprint density at radius 2 is 0.708 bits per heavy atom. The second kappa shape index (κ2) is 6.90. The molecule has 144 valence electrons. The molecule has 0 aromatic carbocycles. The zero-order valence-electron chi connectivity index (χ0n) is 17.7. The predicted octanol–water partition coefficient (Wildman–Crippen LogP) is 3.03. The second-order valence-electron chi connectivity index (χ2n) is 9.75. The average molecular weight is 442 g/mol. The first kappa shape index (κ1) is 23.1. The molecule has 6 nitrogen and oxygen atoms in total. The van der Waals surface area contributed by atoms with Gasteiger partial charge in [0.1, 0.15) is 0 Å². The number of hydrogen-bond acceptors (Lipinski definition) is 6. The van der Waals surface area contributed by atoms with Gasteiger partial charge in [-0.2, -0.15) is 0 Å². The van der Waals surface area contributed by atoms with Crippen LogP contribution in [0, 0.1) is 0 Å². The molecule has 1 saturated heterocycles. The van der Waals surface area contributed by atoms with Crippen molar-refractivity contribution < 1.29 is 12.3 Å². The van der Waals surface area contributed by atoms with E-state index in [1.54, 1.807) is 0 Å². The maximum Gasteiger partial charge on any atom is 0.313 e. The monoisotopic (exact) mass is 441 g/mol. The SMILES string of the molecule is C[Si]1(C)N[Si](C)(C)N[Si](C)(C)O[Si](C)(C)O[Si](C)(C)O[Si](C)(C)N1. The molecule has 0 atom stereocenters. The van der Waals surface area contributed by atoms with E-state index in [0.29, 0.717) is 0 Å². The van der Waals surface area contributed by atoms with Crippen LogP contribution in [0.3, 0.4) is 0 Å². The lowest BCUT2D eigenvalue weighted by Gasteiger charge is -2.47. The van der Waals surface area contributed by atoms with E-state index in [4.69, 9.17) is 12.3 Å². The van der Waals surface area contributed by atoms with Crippen molar-refractivity contribution in [1.82, 2.24) is 13.9 Å². The zero-order chi connectivity index (χ0) is 19.2. The molecule has 0 aromatic heterocycles. The summed E-state index contributed by atoms with van der Waals surface area (Å²) in [6.07, 6.45) is 0. The zero-order valence-corrected chi connectivity index (χ0v) is 23.7. The van der Waals surface area contributed by atoms with Gasteiger partial charge < -0.3 is 26.3 Å². The van der Waals surface area contributed by atoms with Crippen molar-refractivity contribution in [2.24, 2.45) is 0 Å². The van der Waals surface area contributed by atoms with E-state index in [1.807, 2.05) is 0 Å². The highest BCUT2D eigenvalue weighted by Crippen LogP contribution is 2.24. The molecule has 0 aliphatic carbocycles. The maximum absolute atomic E-state index is 6.61. The molecule has 0 aromatic rings. The number of hydrogen-bond donors (Lipinski definition) is 3. The molecule has 0 saturated carbocycles. The summed E-state index contributed by atoms with van der Waals surface area (Å²) in [7, 11) is -12.2. The van der Waals surface area contributed by atoms with Gasteiger partial charge in [0.15, 0.2) is 16.8 Å². The van der Waals surface area contributed by atoms with E-state index < -0.39 is 50.9 Å². The summed E-state index contributed by atoms with van der Waals surface area (Å²) >= 11 is 0. The van der Waals surface area contributed by atoms with E-state index >= 15 is 0 Å². The van der Waals surface area contributed by atoms with Crippen molar-refractivity contribution in [3.8, 4) is 0 Å². The van der Waals surface area contributed by atoms with Gasteiger partial charge in [-0.1, -0.05) is 0 Å². The topological polar surface area (TPSA) is 63.8 Å². The van der Waals surface area contributed by atoms with Crippen LogP contribution in [-0.2, 0) is 12.3 Å². The van der Waals surface area contributed by atoms with Crippen LogP contribution in [0.15, 0.2) is 0 Å². The van der Waals surface area contributed by atoms with Gasteiger partial charge in [0.25, 0.3) is 0 Å². The summed E-state index contributed by atoms with van der Waals surface area (Å²) < 4.78 is 31.5. The first-order valence-corrected chi connectivity index (χ1v) is 26.2. The minimum atomic E-state index is -2.26. The fourth-order valence-electron chi connectivity index (χ4n) is 4.26. The van der Waals surface area contributed by atoms with Crippen molar-refractivity contribution in [1.29, 1.82) is 0 Å². The van der Waals surface area contributed by atoms with E-state index in [1.165, 1.54) is 0 Å². The largest absolute Gasteiger partial charge is 0.425 e. The molecule has 0 amide bonds. The van der Waals surface area contributed by atoms with Crippen molar-refractivity contribution in [2.45, 2.75) is 78.6 Å². The van der Waals surface area contributed by atoms with Crippen LogP contribution in [0.5, 0.6) is 0 Å². The van der Waals surface area contributed by atoms with Gasteiger partial charge in [0, 0.05) is 0 Å². The maximum atomic E-state index is 6.61. The van der Waals surface area contributed by atoms with Gasteiger partial charge in [-0.3, -0.25) is 0 Å². The molecule has 0 unspecified atom stereocenters. The average Bonchev–Trinajstić information content (AvgIpc) is 1.98. The van der Waals surface area contributed by atoms with Crippen LogP contribution in [0.4, 0.5) is 0 Å². The van der Waals surface area contributed by atoms with E-state index in [0.717, 1.165) is 0 Å². The minimum Gasteiger partial charge on any atom is -0.425 e. The quantitative estimate of drug-likeness (QED) is 0.502. The summed E-state index contributed by atoms with van der Waals surface area (Å²) in [5.41, 5.74) is 0. The van der Waals surface area contributed by atoms with Crippen LogP contribution in [0.2, 0.25) is 78.6 Å². The Morgan fingerprint density at radius 3 is 1.00 bits per heavy atom. The van der Waals surface area contributed by atoms with Crippen LogP contribution in [0.1, 0.15) is 0 Å². The van der Waals surface area contributed by atoms with E-state index in [2.05, 4.69) is 92.5 Å². The Kier molecular flexibility index (Phi) is 6.64. The molecule has 12 heteroatoms. The van der Waals surface area contributed by atoms with E-state index in [-0.39, 0.29) is 0 Å². The molecular weight excluding hydrogens is 403 g/mol. The Hall–Kier alpha value is 1.06. The van der Waals surface area contributed by atoms with Gasteiger partial charge in [-0.25, -0.2) is 0 Å². The Labute approximate surface area is 155 Å². The van der Waals surface area contributed by atoms with Crippen molar-refractivity contribution in [3.63, 3.8) is 0 Å². The molecule has 1 rings (SSSR count). The van der Waals surface area contributed by atoms with Crippen LogP contribution in [0.25, 0.3) is 0 Å². The van der Waals surface area contributed by atoms with Crippen LogP contribution >= 0.6 is 0 Å². The number of nitrogens with one attached hydrogen (secondary N) is 3. The fourth-order valence-corrected chi connectivity index (χ4v) is 41.2. The molecular formula is C12H39N3O3Si6.